The number of amides is 2. The predicted molar refractivity (Wildman–Crippen MR) is 127 cm³/mol. The third kappa shape index (κ3) is 5.13. The molecule has 1 aliphatic rings. The lowest BCUT2D eigenvalue weighted by molar-refractivity contribution is -0.133. The average Bonchev–Trinajstić information content (AvgIpc) is 3.61. The van der Waals surface area contributed by atoms with Crippen molar-refractivity contribution in [1.29, 1.82) is 0 Å². The molecule has 11 nitrogen and oxygen atoms in total. The first kappa shape index (κ1) is 22.1. The fraction of sp³-hybridized carbons (Fsp3) is 0.208. The van der Waals surface area contributed by atoms with Crippen LogP contribution in [0.25, 0.3) is 5.69 Å². The van der Waals surface area contributed by atoms with Crippen molar-refractivity contribution < 1.29 is 18.7 Å². The summed E-state index contributed by atoms with van der Waals surface area (Å²) in [5.74, 6) is 0.865. The van der Waals surface area contributed by atoms with Gasteiger partial charge >= 0.3 is 0 Å². The SMILES string of the molecule is O=C(Nc1cccc(OCC(=O)N2CCN(c3nnnn3-c3ccccc3)CC2)c1)c1ccco1. The first-order chi connectivity index (χ1) is 17.2. The number of aromatic nitrogens is 4. The lowest BCUT2D eigenvalue weighted by Crippen LogP contribution is -2.50. The van der Waals surface area contributed by atoms with Crippen LogP contribution in [0, 0.1) is 0 Å². The van der Waals surface area contributed by atoms with Crippen LogP contribution in [0.15, 0.2) is 77.4 Å². The van der Waals surface area contributed by atoms with E-state index in [4.69, 9.17) is 9.15 Å². The summed E-state index contributed by atoms with van der Waals surface area (Å²) < 4.78 is 12.5. The molecule has 1 N–H and O–H groups in total. The molecule has 1 aliphatic heterocycles. The van der Waals surface area contributed by atoms with Crippen LogP contribution in [-0.4, -0.2) is 69.7 Å². The maximum absolute atomic E-state index is 12.7. The van der Waals surface area contributed by atoms with Crippen LogP contribution in [0.4, 0.5) is 11.6 Å². The molecule has 0 atom stereocenters. The Morgan fingerprint density at radius 1 is 0.971 bits per heavy atom. The van der Waals surface area contributed by atoms with Gasteiger partial charge in [0.05, 0.1) is 12.0 Å². The normalized spacial score (nSPS) is 13.5. The molecule has 11 heteroatoms. The molecule has 178 valence electrons. The zero-order valence-electron chi connectivity index (χ0n) is 18.8. The number of tetrazole rings is 1. The molecule has 5 rings (SSSR count). The molecule has 0 spiro atoms. The van der Waals surface area contributed by atoms with Crippen LogP contribution in [0.5, 0.6) is 5.75 Å². The van der Waals surface area contributed by atoms with Crippen LogP contribution in [0.3, 0.4) is 0 Å². The van der Waals surface area contributed by atoms with Crippen molar-refractivity contribution in [2.45, 2.75) is 0 Å². The quantitative estimate of drug-likeness (QED) is 0.434. The zero-order valence-corrected chi connectivity index (χ0v) is 18.8. The molecule has 0 unspecified atom stereocenters. The summed E-state index contributed by atoms with van der Waals surface area (Å²) in [5, 5.41) is 14.8. The third-order valence-electron chi connectivity index (χ3n) is 5.57. The molecule has 0 saturated carbocycles. The largest absolute Gasteiger partial charge is 0.484 e. The number of nitrogens with one attached hydrogen (secondary N) is 1. The van der Waals surface area contributed by atoms with Crippen molar-refractivity contribution in [2.24, 2.45) is 0 Å². The lowest BCUT2D eigenvalue weighted by Gasteiger charge is -2.34. The Balaban J connectivity index is 1.13. The maximum atomic E-state index is 12.7. The molecule has 4 aromatic rings. The van der Waals surface area contributed by atoms with Crippen LogP contribution >= 0.6 is 0 Å². The lowest BCUT2D eigenvalue weighted by atomic mass is 10.3. The van der Waals surface area contributed by atoms with Gasteiger partial charge in [0.15, 0.2) is 12.4 Å². The van der Waals surface area contributed by atoms with E-state index in [1.807, 2.05) is 30.3 Å². The molecule has 2 aromatic carbocycles. The van der Waals surface area contributed by atoms with Gasteiger partial charge in [0.2, 0.25) is 5.95 Å². The van der Waals surface area contributed by atoms with Crippen LogP contribution in [0.2, 0.25) is 0 Å². The Morgan fingerprint density at radius 2 is 1.80 bits per heavy atom. The second-order valence-corrected chi connectivity index (χ2v) is 7.84. The minimum atomic E-state index is -0.362. The molecule has 2 amide bonds. The van der Waals surface area contributed by atoms with E-state index >= 15 is 0 Å². The molecule has 0 bridgehead atoms. The number of para-hydroxylation sites is 1. The van der Waals surface area contributed by atoms with Gasteiger partial charge in [-0.25, -0.2) is 0 Å². The van der Waals surface area contributed by atoms with Crippen molar-refractivity contribution in [1.82, 2.24) is 25.1 Å². The highest BCUT2D eigenvalue weighted by molar-refractivity contribution is 6.02. The molecule has 1 saturated heterocycles. The third-order valence-corrected chi connectivity index (χ3v) is 5.57. The minimum Gasteiger partial charge on any atom is -0.484 e. The van der Waals surface area contributed by atoms with Crippen molar-refractivity contribution in [2.75, 3.05) is 43.0 Å². The summed E-state index contributed by atoms with van der Waals surface area (Å²) in [6.45, 7) is 2.17. The number of carbonyl (C=O) groups is 2. The van der Waals surface area contributed by atoms with E-state index in [1.54, 1.807) is 46.0 Å². The van der Waals surface area contributed by atoms with Gasteiger partial charge in [0.25, 0.3) is 11.8 Å². The van der Waals surface area contributed by atoms with Crippen molar-refractivity contribution >= 4 is 23.5 Å². The molecule has 1 fully saturated rings. The van der Waals surface area contributed by atoms with E-state index in [2.05, 4.69) is 25.7 Å². The smallest absolute Gasteiger partial charge is 0.291 e. The molecule has 0 aliphatic carbocycles. The zero-order chi connectivity index (χ0) is 24.0. The van der Waals surface area contributed by atoms with E-state index in [-0.39, 0.29) is 24.2 Å². The van der Waals surface area contributed by atoms with E-state index in [0.717, 1.165) is 5.69 Å². The van der Waals surface area contributed by atoms with Gasteiger partial charge < -0.3 is 24.3 Å². The second kappa shape index (κ2) is 10.1. The highest BCUT2D eigenvalue weighted by Crippen LogP contribution is 2.20. The highest BCUT2D eigenvalue weighted by atomic mass is 16.5. The fourth-order valence-electron chi connectivity index (χ4n) is 3.77. The summed E-state index contributed by atoms with van der Waals surface area (Å²) >= 11 is 0. The van der Waals surface area contributed by atoms with Gasteiger partial charge in [-0.15, -0.1) is 0 Å². The van der Waals surface area contributed by atoms with Crippen molar-refractivity contribution in [3.05, 3.63) is 78.8 Å². The van der Waals surface area contributed by atoms with Crippen LogP contribution in [0.1, 0.15) is 10.6 Å². The molecule has 35 heavy (non-hydrogen) atoms. The Kier molecular flexibility index (Phi) is 6.37. The highest BCUT2D eigenvalue weighted by Gasteiger charge is 2.25. The Bertz CT molecular complexity index is 1280. The Hall–Kier alpha value is -4.67. The van der Waals surface area contributed by atoms with E-state index in [9.17, 15) is 9.59 Å². The van der Waals surface area contributed by atoms with Crippen LogP contribution < -0.4 is 15.0 Å². The number of rotatable bonds is 7. The summed E-state index contributed by atoms with van der Waals surface area (Å²) in [4.78, 5) is 28.7. The number of carbonyl (C=O) groups excluding carboxylic acids is 2. The number of anilines is 2. The number of ether oxygens (including phenoxy) is 1. The fourth-order valence-corrected chi connectivity index (χ4v) is 3.77. The summed E-state index contributed by atoms with van der Waals surface area (Å²) in [6.07, 6.45) is 1.44. The first-order valence-electron chi connectivity index (χ1n) is 11.1. The number of hydrogen-bond donors (Lipinski definition) is 1. The van der Waals surface area contributed by atoms with Crippen LogP contribution in [-0.2, 0) is 4.79 Å². The predicted octanol–water partition coefficient (Wildman–Crippen LogP) is 2.24. The topological polar surface area (TPSA) is 119 Å². The molecular weight excluding hydrogens is 450 g/mol. The molecule has 3 heterocycles. The standard InChI is InChI=1S/C24H23N7O4/c32-22(17-35-20-9-4-6-18(16-20)25-23(33)21-10-5-15-34-21)29-11-13-30(14-12-29)24-26-27-28-31(24)19-7-2-1-3-8-19/h1-10,15-16H,11-14,17H2,(H,25,33). The van der Waals surface area contributed by atoms with Crippen molar-refractivity contribution in [3.8, 4) is 11.4 Å². The summed E-state index contributed by atoms with van der Waals surface area (Å²) in [7, 11) is 0. The minimum absolute atomic E-state index is 0.0999. The first-order valence-corrected chi connectivity index (χ1v) is 11.1. The second-order valence-electron chi connectivity index (χ2n) is 7.84. The van der Waals surface area contributed by atoms with E-state index in [1.165, 1.54) is 6.26 Å². The summed E-state index contributed by atoms with van der Waals surface area (Å²) in [5.41, 5.74) is 1.42. The molecule has 0 radical (unpaired) electrons. The van der Waals surface area contributed by atoms with E-state index < -0.39 is 0 Å². The maximum Gasteiger partial charge on any atom is 0.291 e. The van der Waals surface area contributed by atoms with Gasteiger partial charge in [-0.2, -0.15) is 4.68 Å². The van der Waals surface area contributed by atoms with Gasteiger partial charge in [-0.3, -0.25) is 9.59 Å². The van der Waals surface area contributed by atoms with Gasteiger partial charge in [-0.05, 0) is 46.8 Å². The number of nitrogens with zero attached hydrogens (tertiary/aromatic N) is 6. The van der Waals surface area contributed by atoms with Gasteiger partial charge in [-0.1, -0.05) is 29.4 Å². The van der Waals surface area contributed by atoms with Crippen molar-refractivity contribution in [3.63, 3.8) is 0 Å². The Morgan fingerprint density at radius 3 is 2.57 bits per heavy atom. The monoisotopic (exact) mass is 473 g/mol. The van der Waals surface area contributed by atoms with E-state index in [0.29, 0.717) is 43.6 Å². The summed E-state index contributed by atoms with van der Waals surface area (Å²) in [6, 6.07) is 19.8. The number of benzene rings is 2. The number of hydrogen-bond acceptors (Lipinski definition) is 8. The Labute approximate surface area is 200 Å². The number of furan rings is 1. The number of piperazine rings is 1. The van der Waals surface area contributed by atoms with Gasteiger partial charge in [0.1, 0.15) is 5.75 Å². The van der Waals surface area contributed by atoms with Gasteiger partial charge in [0, 0.05) is 37.9 Å². The molecular formula is C24H23N7O4. The average molecular weight is 473 g/mol. The molecule has 2 aromatic heterocycles.